The summed E-state index contributed by atoms with van der Waals surface area (Å²) >= 11 is 3.71. The van der Waals surface area contributed by atoms with Crippen molar-refractivity contribution in [2.24, 2.45) is 0 Å². The summed E-state index contributed by atoms with van der Waals surface area (Å²) in [7, 11) is 1.67. The first-order chi connectivity index (χ1) is 11.7. The quantitative estimate of drug-likeness (QED) is 0.840. The molecule has 130 valence electrons. The van der Waals surface area contributed by atoms with Crippen molar-refractivity contribution in [3.63, 3.8) is 0 Å². The third-order valence-corrected chi connectivity index (χ3v) is 6.12. The van der Waals surface area contributed by atoms with E-state index < -0.39 is 5.60 Å². The van der Waals surface area contributed by atoms with Crippen LogP contribution in [0, 0.1) is 0 Å². The van der Waals surface area contributed by atoms with Crippen LogP contribution in [0.25, 0.3) is 5.70 Å². The molecule has 2 aliphatic heterocycles. The first kappa shape index (κ1) is 16.2. The molecule has 0 radical (unpaired) electrons. The monoisotopic (exact) mass is 395 g/mol. The van der Waals surface area contributed by atoms with Crippen LogP contribution in [0.2, 0.25) is 0 Å². The average molecular weight is 396 g/mol. The summed E-state index contributed by atoms with van der Waals surface area (Å²) < 4.78 is 18.2. The largest absolute Gasteiger partial charge is 0.493 e. The maximum Gasteiger partial charge on any atom is 0.162 e. The van der Waals surface area contributed by atoms with Crippen LogP contribution in [-0.2, 0) is 9.57 Å². The molecule has 1 atom stereocenters. The van der Waals surface area contributed by atoms with E-state index in [1.54, 1.807) is 7.11 Å². The van der Waals surface area contributed by atoms with Crippen molar-refractivity contribution < 1.29 is 19.0 Å². The van der Waals surface area contributed by atoms with Crippen molar-refractivity contribution in [2.45, 2.75) is 43.8 Å². The number of ether oxygens (including phenoxy) is 3. The third kappa shape index (κ3) is 2.80. The highest BCUT2D eigenvalue weighted by atomic mass is 79.9. The summed E-state index contributed by atoms with van der Waals surface area (Å²) in [5.74, 6) is 1.56. The second-order valence-electron chi connectivity index (χ2n) is 6.58. The zero-order valence-corrected chi connectivity index (χ0v) is 15.4. The van der Waals surface area contributed by atoms with Crippen molar-refractivity contribution in [2.75, 3.05) is 20.3 Å². The van der Waals surface area contributed by atoms with Crippen LogP contribution in [0.5, 0.6) is 11.5 Å². The Kier molecular flexibility index (Phi) is 4.45. The lowest BCUT2D eigenvalue weighted by Gasteiger charge is -2.18. The molecule has 1 unspecified atom stereocenters. The number of benzene rings is 1. The maximum absolute atomic E-state index is 6.19. The minimum absolute atomic E-state index is 0.286. The molecule has 1 N–H and O–H groups in total. The predicted molar refractivity (Wildman–Crippen MR) is 94.1 cm³/mol. The molecule has 0 amide bonds. The summed E-state index contributed by atoms with van der Waals surface area (Å²) in [5, 5.41) is 0. The highest BCUT2D eigenvalue weighted by Gasteiger charge is 2.45. The SMILES string of the molecule is COc1ccc(C2=C(Br)C3(CCOC3)ON2)cc1OC1CCCC1. The van der Waals surface area contributed by atoms with Gasteiger partial charge in [0.1, 0.15) is 0 Å². The summed E-state index contributed by atoms with van der Waals surface area (Å²) in [6.07, 6.45) is 5.83. The number of nitrogens with one attached hydrogen (secondary N) is 1. The van der Waals surface area contributed by atoms with Gasteiger partial charge >= 0.3 is 0 Å². The molecular weight excluding hydrogens is 374 g/mol. The fourth-order valence-corrected chi connectivity index (χ4v) is 4.27. The Morgan fingerprint density at radius 1 is 1.25 bits per heavy atom. The zero-order valence-electron chi connectivity index (χ0n) is 13.8. The number of halogens is 1. The maximum atomic E-state index is 6.19. The molecule has 1 aliphatic carbocycles. The van der Waals surface area contributed by atoms with Crippen LogP contribution in [0.3, 0.4) is 0 Å². The summed E-state index contributed by atoms with van der Waals surface area (Å²) in [5.41, 5.74) is 4.61. The first-order valence-electron chi connectivity index (χ1n) is 8.49. The molecule has 5 nitrogen and oxygen atoms in total. The minimum Gasteiger partial charge on any atom is -0.493 e. The molecule has 1 spiro atoms. The van der Waals surface area contributed by atoms with Crippen LogP contribution in [0.4, 0.5) is 0 Å². The van der Waals surface area contributed by atoms with Gasteiger partial charge in [-0.3, -0.25) is 10.3 Å². The Labute approximate surface area is 150 Å². The molecule has 0 aromatic heterocycles. The van der Waals surface area contributed by atoms with E-state index in [0.717, 1.165) is 46.5 Å². The fraction of sp³-hybridized carbons (Fsp3) is 0.556. The van der Waals surface area contributed by atoms with Gasteiger partial charge in [-0.25, -0.2) is 0 Å². The van der Waals surface area contributed by atoms with Crippen molar-refractivity contribution in [1.82, 2.24) is 5.48 Å². The minimum atomic E-state index is -0.401. The Morgan fingerprint density at radius 2 is 2.08 bits per heavy atom. The van der Waals surface area contributed by atoms with Gasteiger partial charge in [-0.15, -0.1) is 0 Å². The molecule has 1 saturated carbocycles. The highest BCUT2D eigenvalue weighted by Crippen LogP contribution is 2.44. The standard InChI is InChI=1S/C18H22BrNO4/c1-21-14-7-6-12(10-15(14)23-13-4-2-3-5-13)16-17(19)18(24-20-16)8-9-22-11-18/h6-7,10,13,20H,2-5,8-9,11H2,1H3. The predicted octanol–water partition coefficient (Wildman–Crippen LogP) is 3.77. The Morgan fingerprint density at radius 3 is 2.79 bits per heavy atom. The molecule has 1 aromatic rings. The van der Waals surface area contributed by atoms with Gasteiger partial charge in [-0.05, 0) is 59.8 Å². The molecule has 3 aliphatic rings. The third-order valence-electron chi connectivity index (χ3n) is 5.00. The summed E-state index contributed by atoms with van der Waals surface area (Å²) in [6.45, 7) is 1.27. The smallest absolute Gasteiger partial charge is 0.162 e. The van der Waals surface area contributed by atoms with E-state index in [4.69, 9.17) is 19.0 Å². The molecule has 4 rings (SSSR count). The van der Waals surface area contributed by atoms with Crippen LogP contribution >= 0.6 is 15.9 Å². The van der Waals surface area contributed by atoms with E-state index >= 15 is 0 Å². The van der Waals surface area contributed by atoms with Gasteiger partial charge in [0.05, 0.1) is 36.6 Å². The number of rotatable bonds is 4. The van der Waals surface area contributed by atoms with Crippen molar-refractivity contribution in [3.8, 4) is 11.5 Å². The number of hydroxylamine groups is 1. The Balaban J connectivity index is 1.64. The molecule has 6 heteroatoms. The second-order valence-corrected chi connectivity index (χ2v) is 7.37. The van der Waals surface area contributed by atoms with Gasteiger partial charge in [0.15, 0.2) is 17.1 Å². The van der Waals surface area contributed by atoms with Gasteiger partial charge in [0.25, 0.3) is 0 Å². The lowest BCUT2D eigenvalue weighted by molar-refractivity contribution is -0.0388. The summed E-state index contributed by atoms with van der Waals surface area (Å²) in [6, 6.07) is 5.99. The van der Waals surface area contributed by atoms with Gasteiger partial charge in [0, 0.05) is 12.0 Å². The van der Waals surface area contributed by atoms with Crippen LogP contribution in [-0.4, -0.2) is 32.0 Å². The fourth-order valence-electron chi connectivity index (χ4n) is 3.56. The molecule has 2 heterocycles. The van der Waals surface area contributed by atoms with E-state index in [-0.39, 0.29) is 6.10 Å². The second kappa shape index (κ2) is 6.58. The summed E-state index contributed by atoms with van der Waals surface area (Å²) in [4.78, 5) is 5.84. The normalized spacial score (nSPS) is 27.1. The van der Waals surface area contributed by atoms with E-state index in [0.29, 0.717) is 13.2 Å². The van der Waals surface area contributed by atoms with Crippen molar-refractivity contribution in [1.29, 1.82) is 0 Å². The number of hydrogen-bond acceptors (Lipinski definition) is 5. The highest BCUT2D eigenvalue weighted by molar-refractivity contribution is 9.12. The van der Waals surface area contributed by atoms with Gasteiger partial charge in [-0.1, -0.05) is 0 Å². The topological polar surface area (TPSA) is 49.0 Å². The van der Waals surface area contributed by atoms with Gasteiger partial charge in [-0.2, -0.15) is 0 Å². The zero-order chi connectivity index (χ0) is 16.6. The molecule has 2 fully saturated rings. The Bertz CT molecular complexity index is 648. The lowest BCUT2D eigenvalue weighted by atomic mass is 10.0. The van der Waals surface area contributed by atoms with E-state index in [2.05, 4.69) is 21.4 Å². The lowest BCUT2D eigenvalue weighted by Crippen LogP contribution is -2.31. The van der Waals surface area contributed by atoms with E-state index in [1.165, 1.54) is 12.8 Å². The molecule has 0 bridgehead atoms. The van der Waals surface area contributed by atoms with Crippen LogP contribution in [0.1, 0.15) is 37.7 Å². The molecule has 1 aromatic carbocycles. The van der Waals surface area contributed by atoms with E-state index in [1.807, 2.05) is 18.2 Å². The molecule has 1 saturated heterocycles. The van der Waals surface area contributed by atoms with Crippen molar-refractivity contribution in [3.05, 3.63) is 28.2 Å². The van der Waals surface area contributed by atoms with Gasteiger partial charge in [0.2, 0.25) is 0 Å². The first-order valence-corrected chi connectivity index (χ1v) is 9.28. The Hall–Kier alpha value is -1.24. The number of methoxy groups -OCH3 is 1. The van der Waals surface area contributed by atoms with Crippen LogP contribution in [0.15, 0.2) is 22.7 Å². The number of hydrogen-bond donors (Lipinski definition) is 1. The van der Waals surface area contributed by atoms with E-state index in [9.17, 15) is 0 Å². The van der Waals surface area contributed by atoms with Crippen molar-refractivity contribution >= 4 is 21.6 Å². The molecule has 24 heavy (non-hydrogen) atoms. The van der Waals surface area contributed by atoms with Gasteiger partial charge < -0.3 is 14.2 Å². The average Bonchev–Trinajstić information content (AvgIpc) is 3.33. The van der Waals surface area contributed by atoms with Crippen LogP contribution < -0.4 is 15.0 Å². The molecular formula is C18H22BrNO4.